The lowest BCUT2D eigenvalue weighted by molar-refractivity contribution is 0.115. The molecule has 2 atom stereocenters. The van der Waals surface area contributed by atoms with Crippen LogP contribution in [0, 0.1) is 5.92 Å². The standard InChI is InChI=1S/C27H38N6OS/c1-19-22(29-10-7-25(19)34)6-5-20(16-28)23-15-26-24(17-30-23)31-27(18-35-26)33-13-8-21(9-14-33)32-11-3-2-4-12-32/h5-6,15-17,19,21,25,34H,2-4,7-14,18,28H2,1H3/b6-5-,20-16+/t19-,25?/m0/s1. The Balaban J connectivity index is 1.23. The van der Waals surface area contributed by atoms with Gasteiger partial charge in [0.15, 0.2) is 0 Å². The minimum absolute atomic E-state index is 0.0312. The van der Waals surface area contributed by atoms with Crippen LogP contribution in [0.4, 0.5) is 5.69 Å². The lowest BCUT2D eigenvalue weighted by Gasteiger charge is -2.41. The number of nitrogens with zero attached hydrogens (tertiary/aromatic N) is 5. The zero-order valence-corrected chi connectivity index (χ0v) is 21.6. The number of aliphatic imine (C=N–C) groups is 2. The van der Waals surface area contributed by atoms with Gasteiger partial charge in [0.05, 0.1) is 29.4 Å². The molecule has 2 fully saturated rings. The van der Waals surface area contributed by atoms with Gasteiger partial charge in [-0.25, -0.2) is 4.99 Å². The number of aromatic nitrogens is 1. The molecule has 5 rings (SSSR count). The predicted octanol–water partition coefficient (Wildman–Crippen LogP) is 3.87. The van der Waals surface area contributed by atoms with Crippen LogP contribution < -0.4 is 5.73 Å². The zero-order chi connectivity index (χ0) is 24.2. The van der Waals surface area contributed by atoms with Gasteiger partial charge in [-0.05, 0) is 63.4 Å². The highest BCUT2D eigenvalue weighted by Gasteiger charge is 2.28. The first-order valence-corrected chi connectivity index (χ1v) is 14.1. The van der Waals surface area contributed by atoms with Crippen molar-refractivity contribution in [3.05, 3.63) is 36.3 Å². The summed E-state index contributed by atoms with van der Waals surface area (Å²) in [5.74, 6) is 2.12. The highest BCUT2D eigenvalue weighted by Crippen LogP contribution is 2.36. The van der Waals surface area contributed by atoms with Gasteiger partial charge in [-0.3, -0.25) is 9.98 Å². The Morgan fingerprint density at radius 1 is 1.14 bits per heavy atom. The maximum absolute atomic E-state index is 10.1. The van der Waals surface area contributed by atoms with E-state index in [1.165, 1.54) is 51.0 Å². The molecule has 3 N–H and O–H groups in total. The number of piperidine rings is 2. The fraction of sp³-hybridized carbons (Fsp3) is 0.593. The van der Waals surface area contributed by atoms with Crippen LogP contribution >= 0.6 is 11.8 Å². The minimum Gasteiger partial charge on any atom is -0.404 e. The second-order valence-corrected chi connectivity index (χ2v) is 11.1. The number of amidine groups is 1. The summed E-state index contributed by atoms with van der Waals surface area (Å²) in [6.45, 7) is 7.44. The quantitative estimate of drug-likeness (QED) is 0.618. The van der Waals surface area contributed by atoms with E-state index in [1.807, 2.05) is 37.0 Å². The summed E-state index contributed by atoms with van der Waals surface area (Å²) >= 11 is 1.84. The molecular weight excluding hydrogens is 456 g/mol. The van der Waals surface area contributed by atoms with Gasteiger partial charge in [-0.2, -0.15) is 0 Å². The molecular formula is C27H38N6OS. The van der Waals surface area contributed by atoms with Crippen molar-refractivity contribution in [2.24, 2.45) is 21.6 Å². The van der Waals surface area contributed by atoms with Crippen molar-refractivity contribution in [1.82, 2.24) is 14.8 Å². The van der Waals surface area contributed by atoms with Crippen molar-refractivity contribution in [2.75, 3.05) is 38.5 Å². The van der Waals surface area contributed by atoms with Gasteiger partial charge in [0.1, 0.15) is 5.84 Å². The Hall–Kier alpha value is -2.16. The van der Waals surface area contributed by atoms with Crippen molar-refractivity contribution in [3.63, 3.8) is 0 Å². The third-order valence-electron chi connectivity index (χ3n) is 7.86. The molecule has 4 aliphatic heterocycles. The van der Waals surface area contributed by atoms with E-state index in [0.29, 0.717) is 6.54 Å². The molecule has 1 aromatic rings. The maximum atomic E-state index is 10.1. The molecule has 188 valence electrons. The van der Waals surface area contributed by atoms with E-state index in [9.17, 15) is 5.11 Å². The van der Waals surface area contributed by atoms with Gasteiger partial charge < -0.3 is 20.6 Å². The molecule has 0 aromatic carbocycles. The lowest BCUT2D eigenvalue weighted by atomic mass is 9.93. The van der Waals surface area contributed by atoms with Crippen LogP contribution in [0.25, 0.3) is 5.57 Å². The number of likely N-dealkylation sites (tertiary alicyclic amines) is 2. The second-order valence-electron chi connectivity index (χ2n) is 10.1. The fourth-order valence-electron chi connectivity index (χ4n) is 5.56. The van der Waals surface area contributed by atoms with Crippen LogP contribution in [-0.4, -0.2) is 82.1 Å². The zero-order valence-electron chi connectivity index (χ0n) is 20.8. The van der Waals surface area contributed by atoms with E-state index < -0.39 is 0 Å². The summed E-state index contributed by atoms with van der Waals surface area (Å²) in [7, 11) is 0. The number of nitrogens with two attached hydrogens (primary N) is 1. The Bertz CT molecular complexity index is 1020. The first kappa shape index (κ1) is 24.5. The molecule has 5 heterocycles. The van der Waals surface area contributed by atoms with Gasteiger partial charge in [0, 0.05) is 54.0 Å². The fourth-order valence-corrected chi connectivity index (χ4v) is 6.53. The number of thioether (sulfide) groups is 1. The summed E-state index contributed by atoms with van der Waals surface area (Å²) < 4.78 is 0. The van der Waals surface area contributed by atoms with E-state index in [-0.39, 0.29) is 12.0 Å². The van der Waals surface area contributed by atoms with Crippen molar-refractivity contribution >= 4 is 34.6 Å². The number of fused-ring (bicyclic) bond motifs is 1. The van der Waals surface area contributed by atoms with Crippen molar-refractivity contribution < 1.29 is 5.11 Å². The Morgan fingerprint density at radius 3 is 2.71 bits per heavy atom. The number of aliphatic hydroxyl groups excluding tert-OH is 1. The molecule has 1 aromatic heterocycles. The number of hydrogen-bond donors (Lipinski definition) is 2. The van der Waals surface area contributed by atoms with Crippen molar-refractivity contribution in [1.29, 1.82) is 0 Å². The maximum Gasteiger partial charge on any atom is 0.115 e. The average Bonchev–Trinajstić information content (AvgIpc) is 2.91. The van der Waals surface area contributed by atoms with Crippen molar-refractivity contribution in [3.8, 4) is 0 Å². The van der Waals surface area contributed by atoms with E-state index >= 15 is 0 Å². The SMILES string of the molecule is C[C@H]1C(/C=C\C(=C/N)c2cc3c(cn2)N=C(N2CCC(N4CCCCC4)CC2)CS3)=NCCC1O. The molecule has 0 saturated carbocycles. The Labute approximate surface area is 213 Å². The Kier molecular flexibility index (Phi) is 7.90. The molecule has 4 aliphatic rings. The van der Waals surface area contributed by atoms with Crippen LogP contribution in [0.15, 0.2) is 45.5 Å². The van der Waals surface area contributed by atoms with E-state index in [2.05, 4.69) is 25.8 Å². The van der Waals surface area contributed by atoms with E-state index in [1.54, 1.807) is 6.20 Å². The van der Waals surface area contributed by atoms with Gasteiger partial charge in [0.25, 0.3) is 0 Å². The van der Waals surface area contributed by atoms with Gasteiger partial charge in [-0.1, -0.05) is 13.3 Å². The predicted molar refractivity (Wildman–Crippen MR) is 145 cm³/mol. The summed E-state index contributed by atoms with van der Waals surface area (Å²) in [4.78, 5) is 20.6. The molecule has 0 aliphatic carbocycles. The highest BCUT2D eigenvalue weighted by molar-refractivity contribution is 8.00. The number of allylic oxidation sites excluding steroid dienone is 3. The normalized spacial score (nSPS) is 27.0. The number of pyridine rings is 1. The highest BCUT2D eigenvalue weighted by atomic mass is 32.2. The summed E-state index contributed by atoms with van der Waals surface area (Å²) in [6, 6.07) is 2.84. The van der Waals surface area contributed by atoms with Crippen LogP contribution in [0.3, 0.4) is 0 Å². The third kappa shape index (κ3) is 5.65. The lowest BCUT2D eigenvalue weighted by Crippen LogP contribution is -2.48. The van der Waals surface area contributed by atoms with Crippen LogP contribution in [0.1, 0.15) is 51.1 Å². The largest absolute Gasteiger partial charge is 0.404 e. The Morgan fingerprint density at radius 2 is 1.94 bits per heavy atom. The van der Waals surface area contributed by atoms with E-state index in [4.69, 9.17) is 10.7 Å². The molecule has 2 saturated heterocycles. The van der Waals surface area contributed by atoms with Crippen LogP contribution in [0.5, 0.6) is 0 Å². The monoisotopic (exact) mass is 494 g/mol. The molecule has 8 heteroatoms. The smallest absolute Gasteiger partial charge is 0.115 e. The van der Waals surface area contributed by atoms with E-state index in [0.717, 1.165) is 58.9 Å². The molecule has 0 radical (unpaired) electrons. The van der Waals surface area contributed by atoms with Gasteiger partial charge >= 0.3 is 0 Å². The number of aliphatic hydroxyl groups is 1. The average molecular weight is 495 g/mol. The topological polar surface area (TPSA) is 90.3 Å². The van der Waals surface area contributed by atoms with Crippen LogP contribution in [-0.2, 0) is 0 Å². The molecule has 0 spiro atoms. The summed E-state index contributed by atoms with van der Waals surface area (Å²) in [5, 5.41) is 10.1. The molecule has 0 amide bonds. The first-order chi connectivity index (χ1) is 17.1. The first-order valence-electron chi connectivity index (χ1n) is 13.1. The molecule has 35 heavy (non-hydrogen) atoms. The van der Waals surface area contributed by atoms with Crippen LogP contribution in [0.2, 0.25) is 0 Å². The number of rotatable bonds is 4. The van der Waals surface area contributed by atoms with Gasteiger partial charge in [-0.15, -0.1) is 11.8 Å². The number of hydrogen-bond acceptors (Lipinski definition) is 8. The van der Waals surface area contributed by atoms with Crippen molar-refractivity contribution in [2.45, 2.75) is 62.5 Å². The molecule has 0 bridgehead atoms. The molecule has 1 unspecified atom stereocenters. The molecule has 7 nitrogen and oxygen atoms in total. The second kappa shape index (κ2) is 11.3. The third-order valence-corrected chi connectivity index (χ3v) is 8.90. The minimum atomic E-state index is -0.335. The summed E-state index contributed by atoms with van der Waals surface area (Å²) in [5.41, 5.74) is 9.50. The summed E-state index contributed by atoms with van der Waals surface area (Å²) in [6.07, 6.45) is 14.4. The van der Waals surface area contributed by atoms with Gasteiger partial charge in [0.2, 0.25) is 0 Å².